The first-order valence-corrected chi connectivity index (χ1v) is 13.7. The van der Waals surface area contributed by atoms with Crippen molar-refractivity contribution in [3.8, 4) is 0 Å². The number of benzene rings is 4. The number of rotatable bonds is 7. The molecule has 0 amide bonds. The number of sulfonamides is 1. The van der Waals surface area contributed by atoms with E-state index in [9.17, 15) is 8.42 Å². The van der Waals surface area contributed by atoms with Gasteiger partial charge in [0.2, 0.25) is 10.0 Å². The van der Waals surface area contributed by atoms with Crippen LogP contribution in [0.25, 0.3) is 0 Å². The van der Waals surface area contributed by atoms with Gasteiger partial charge in [0.1, 0.15) is 0 Å². The topological polar surface area (TPSA) is 72.2 Å². The maximum absolute atomic E-state index is 12.9. The number of hydrogen-bond acceptors (Lipinski definition) is 3. The predicted octanol–water partition coefficient (Wildman–Crippen LogP) is 7.25. The molecule has 3 N–H and O–H groups in total. The Morgan fingerprint density at radius 2 is 1.05 bits per heavy atom. The summed E-state index contributed by atoms with van der Waals surface area (Å²) in [4.78, 5) is 0.226. The molecule has 4 rings (SSSR count). The molecule has 7 heteroatoms. The van der Waals surface area contributed by atoms with E-state index in [4.69, 9.17) is 5.73 Å². The molecule has 204 valence electrons. The van der Waals surface area contributed by atoms with E-state index in [1.54, 1.807) is 24.3 Å². The molecule has 0 aliphatic rings. The van der Waals surface area contributed by atoms with Crippen molar-refractivity contribution in [3.05, 3.63) is 137 Å². The van der Waals surface area contributed by atoms with Gasteiger partial charge >= 0.3 is 0 Å². The molecule has 0 aliphatic heterocycles. The Labute approximate surface area is 247 Å². The molecule has 0 bridgehead atoms. The first kappa shape index (κ1) is 33.7. The van der Waals surface area contributed by atoms with E-state index in [1.165, 1.54) is 11.1 Å². The van der Waals surface area contributed by atoms with E-state index in [0.29, 0.717) is 5.92 Å². The zero-order valence-electron chi connectivity index (χ0n) is 22.2. The third-order valence-electron chi connectivity index (χ3n) is 6.06. The van der Waals surface area contributed by atoms with Gasteiger partial charge in [0.15, 0.2) is 0 Å². The zero-order chi connectivity index (χ0) is 26.1. The number of nitrogens with one attached hydrogen (secondary N) is 1. The Morgan fingerprint density at radius 3 is 1.50 bits per heavy atom. The normalized spacial score (nSPS) is 12.3. The molecule has 0 radical (unpaired) electrons. The van der Waals surface area contributed by atoms with Crippen molar-refractivity contribution in [1.82, 2.24) is 4.72 Å². The van der Waals surface area contributed by atoms with Gasteiger partial charge in [0.25, 0.3) is 0 Å². The monoisotopic (exact) mass is 638 g/mol. The standard InChI is InChI=1S/C21H22N2O2S.C10H14.ClH.Ru/c1-16-12-14-19(15-13-16)26(24,25)23-21(18-10-6-3-7-11-18)20(22)17-8-4-2-5-9-17;1-8(2)10-6-4-9(3)5-7-10;;/h2-15,20-21,23H,22H2,1H3;4-8H,1-3H3;1H;/t20-,21-;;;/m1.../s1. The minimum Gasteiger partial charge on any atom is -0.322 e. The molecule has 0 spiro atoms. The average Bonchev–Trinajstić information content (AvgIpc) is 2.89. The van der Waals surface area contributed by atoms with Crippen LogP contribution in [0, 0.1) is 13.8 Å². The number of halogens is 1. The van der Waals surface area contributed by atoms with Crippen molar-refractivity contribution in [2.75, 3.05) is 0 Å². The van der Waals surface area contributed by atoms with Crippen LogP contribution in [0.4, 0.5) is 0 Å². The molecule has 38 heavy (non-hydrogen) atoms. The van der Waals surface area contributed by atoms with Gasteiger partial charge < -0.3 is 5.73 Å². The summed E-state index contributed by atoms with van der Waals surface area (Å²) in [7, 11) is -3.71. The summed E-state index contributed by atoms with van der Waals surface area (Å²) in [5.41, 5.74) is 11.9. The summed E-state index contributed by atoms with van der Waals surface area (Å²) < 4.78 is 28.6. The second-order valence-corrected chi connectivity index (χ2v) is 11.0. The maximum atomic E-state index is 12.9. The molecule has 0 saturated heterocycles. The zero-order valence-corrected chi connectivity index (χ0v) is 25.6. The van der Waals surface area contributed by atoms with Gasteiger partial charge in [-0.15, -0.1) is 12.4 Å². The van der Waals surface area contributed by atoms with Crippen LogP contribution < -0.4 is 10.5 Å². The van der Waals surface area contributed by atoms with Crippen molar-refractivity contribution < 1.29 is 27.9 Å². The molecule has 0 heterocycles. The van der Waals surface area contributed by atoms with Gasteiger partial charge in [-0.05, 0) is 48.6 Å². The Morgan fingerprint density at radius 1 is 0.632 bits per heavy atom. The van der Waals surface area contributed by atoms with Crippen LogP contribution in [-0.4, -0.2) is 8.42 Å². The summed E-state index contributed by atoms with van der Waals surface area (Å²) in [6.45, 7) is 8.46. The second kappa shape index (κ2) is 15.9. The summed E-state index contributed by atoms with van der Waals surface area (Å²) in [5.74, 6) is 0.653. The van der Waals surface area contributed by atoms with Crippen LogP contribution in [0.1, 0.15) is 59.7 Å². The first-order valence-electron chi connectivity index (χ1n) is 12.2. The summed E-state index contributed by atoms with van der Waals surface area (Å²) >= 11 is 0. The van der Waals surface area contributed by atoms with E-state index in [0.717, 1.165) is 16.7 Å². The maximum Gasteiger partial charge on any atom is 0.241 e. The van der Waals surface area contributed by atoms with E-state index in [1.807, 2.05) is 67.6 Å². The smallest absolute Gasteiger partial charge is 0.241 e. The minimum absolute atomic E-state index is 0. The number of aryl methyl sites for hydroxylation is 2. The van der Waals surface area contributed by atoms with Crippen LogP contribution in [0.15, 0.2) is 114 Å². The number of hydrogen-bond donors (Lipinski definition) is 2. The molecule has 0 aliphatic carbocycles. The quantitative estimate of drug-likeness (QED) is 0.210. The van der Waals surface area contributed by atoms with Crippen LogP contribution in [0.5, 0.6) is 0 Å². The summed E-state index contributed by atoms with van der Waals surface area (Å²) in [5, 5.41) is 0. The average molecular weight is 638 g/mol. The predicted molar refractivity (Wildman–Crippen MR) is 157 cm³/mol. The molecule has 2 atom stereocenters. The molecule has 0 aromatic heterocycles. The van der Waals surface area contributed by atoms with Crippen molar-refractivity contribution >= 4 is 22.4 Å². The molecular formula is C31H37ClN2O2RuS. The third-order valence-corrected chi connectivity index (χ3v) is 7.52. The summed E-state index contributed by atoms with van der Waals surface area (Å²) in [6.07, 6.45) is 0. The van der Waals surface area contributed by atoms with Crippen LogP contribution >= 0.6 is 12.4 Å². The van der Waals surface area contributed by atoms with Crippen molar-refractivity contribution in [2.24, 2.45) is 5.73 Å². The Balaban J connectivity index is 0.000000511. The van der Waals surface area contributed by atoms with Gasteiger partial charge in [0, 0.05) is 19.5 Å². The second-order valence-electron chi connectivity index (χ2n) is 9.32. The van der Waals surface area contributed by atoms with Crippen LogP contribution in [0.3, 0.4) is 0 Å². The van der Waals surface area contributed by atoms with Gasteiger partial charge in [-0.1, -0.05) is 122 Å². The van der Waals surface area contributed by atoms with E-state index >= 15 is 0 Å². The van der Waals surface area contributed by atoms with Crippen LogP contribution in [-0.2, 0) is 29.5 Å². The van der Waals surface area contributed by atoms with Gasteiger partial charge in [-0.2, -0.15) is 0 Å². The fourth-order valence-corrected chi connectivity index (χ4v) is 5.03. The van der Waals surface area contributed by atoms with E-state index in [2.05, 4.69) is 49.8 Å². The van der Waals surface area contributed by atoms with E-state index < -0.39 is 22.1 Å². The molecule has 0 fully saturated rings. The minimum atomic E-state index is -3.71. The SMILES string of the molecule is Cc1ccc(C(C)C)cc1.Cc1ccc(S(=O)(=O)N[C@H](c2ccccc2)[C@H](N)c2ccccc2)cc1.Cl.[Ru]. The molecular weight excluding hydrogens is 601 g/mol. The van der Waals surface area contributed by atoms with Crippen LogP contribution in [0.2, 0.25) is 0 Å². The molecule has 0 saturated carbocycles. The number of nitrogens with two attached hydrogens (primary N) is 1. The molecule has 4 aromatic rings. The van der Waals surface area contributed by atoms with Crippen molar-refractivity contribution in [2.45, 2.75) is 50.6 Å². The Bertz CT molecular complexity index is 1320. The van der Waals surface area contributed by atoms with Gasteiger partial charge in [0.05, 0.1) is 17.0 Å². The van der Waals surface area contributed by atoms with Crippen molar-refractivity contribution in [1.29, 1.82) is 0 Å². The molecule has 0 unspecified atom stereocenters. The first-order chi connectivity index (χ1) is 17.2. The molecule has 4 aromatic carbocycles. The molecule has 4 nitrogen and oxygen atoms in total. The van der Waals surface area contributed by atoms with Crippen molar-refractivity contribution in [3.63, 3.8) is 0 Å². The van der Waals surface area contributed by atoms with E-state index in [-0.39, 0.29) is 36.8 Å². The fraction of sp³-hybridized carbons (Fsp3) is 0.226. The van der Waals surface area contributed by atoms with Gasteiger partial charge in [-0.25, -0.2) is 13.1 Å². The largest absolute Gasteiger partial charge is 0.322 e. The fourth-order valence-electron chi connectivity index (χ4n) is 3.78. The third kappa shape index (κ3) is 9.76. The Hall–Kier alpha value is -2.34. The Kier molecular flexibility index (Phi) is 14.1. The van der Waals surface area contributed by atoms with Gasteiger partial charge in [-0.3, -0.25) is 0 Å². The summed E-state index contributed by atoms with van der Waals surface area (Å²) in [6, 6.07) is 33.3.